The van der Waals surface area contributed by atoms with Gasteiger partial charge in [-0.2, -0.15) is 0 Å². The van der Waals surface area contributed by atoms with Crippen molar-refractivity contribution in [2.24, 2.45) is 0 Å². The van der Waals surface area contributed by atoms with Gasteiger partial charge in [0.25, 0.3) is 5.91 Å². The van der Waals surface area contributed by atoms with Gasteiger partial charge in [-0.25, -0.2) is 0 Å². The average molecular weight is 340 g/mol. The minimum atomic E-state index is 0.0232. The highest BCUT2D eigenvalue weighted by Crippen LogP contribution is 2.28. The van der Waals surface area contributed by atoms with Gasteiger partial charge in [-0.15, -0.1) is 10.2 Å². The monoisotopic (exact) mass is 340 g/mol. The zero-order valence-corrected chi connectivity index (χ0v) is 14.6. The number of carbonyl (C=O) groups excluding carboxylic acids is 1. The van der Waals surface area contributed by atoms with Gasteiger partial charge in [-0.1, -0.05) is 24.8 Å². The maximum Gasteiger partial charge on any atom is 0.257 e. The molecule has 1 aromatic carbocycles. The lowest BCUT2D eigenvalue weighted by Crippen LogP contribution is -2.38. The van der Waals surface area contributed by atoms with Gasteiger partial charge in [0.1, 0.15) is 24.5 Å². The Bertz CT molecular complexity index is 733. The van der Waals surface area contributed by atoms with Crippen molar-refractivity contribution < 1.29 is 9.53 Å². The molecule has 0 radical (unpaired) electrons. The first-order chi connectivity index (χ1) is 12.2. The third kappa shape index (κ3) is 3.73. The van der Waals surface area contributed by atoms with Crippen LogP contribution in [0, 0.1) is 0 Å². The third-order valence-corrected chi connectivity index (χ3v) is 4.61. The molecule has 0 saturated carbocycles. The minimum absolute atomic E-state index is 0.0232. The molecule has 2 heterocycles. The van der Waals surface area contributed by atoms with Gasteiger partial charge in [-0.05, 0) is 31.9 Å². The maximum atomic E-state index is 12.9. The zero-order chi connectivity index (χ0) is 17.6. The van der Waals surface area contributed by atoms with Gasteiger partial charge in [0.15, 0.2) is 0 Å². The summed E-state index contributed by atoms with van der Waals surface area (Å²) in [6.07, 6.45) is 5.26. The second kappa shape index (κ2) is 7.96. The Kier molecular flexibility index (Phi) is 5.48. The van der Waals surface area contributed by atoms with E-state index in [1.54, 1.807) is 12.4 Å². The number of likely N-dealkylation sites (tertiary alicyclic amines) is 1. The van der Waals surface area contributed by atoms with Crippen LogP contribution in [-0.2, 0) is 6.54 Å². The van der Waals surface area contributed by atoms with Crippen molar-refractivity contribution >= 4 is 5.91 Å². The SMILES string of the molecule is C=CCOc1ccccc1C(=O)N1CCC(c2nncn2CC)CC1. The van der Waals surface area contributed by atoms with E-state index in [1.807, 2.05) is 29.2 Å². The molecule has 132 valence electrons. The van der Waals surface area contributed by atoms with E-state index in [9.17, 15) is 4.79 Å². The second-order valence-corrected chi connectivity index (χ2v) is 6.14. The Hall–Kier alpha value is -2.63. The molecule has 1 amide bonds. The van der Waals surface area contributed by atoms with Crippen molar-refractivity contribution in [2.75, 3.05) is 19.7 Å². The highest BCUT2D eigenvalue weighted by molar-refractivity contribution is 5.97. The summed E-state index contributed by atoms with van der Waals surface area (Å²) >= 11 is 0. The van der Waals surface area contributed by atoms with Crippen LogP contribution in [0.5, 0.6) is 5.75 Å². The lowest BCUT2D eigenvalue weighted by Gasteiger charge is -2.32. The third-order valence-electron chi connectivity index (χ3n) is 4.61. The zero-order valence-electron chi connectivity index (χ0n) is 14.6. The number of hydrogen-bond donors (Lipinski definition) is 0. The summed E-state index contributed by atoms with van der Waals surface area (Å²) in [4.78, 5) is 14.8. The Morgan fingerprint density at radius 3 is 2.84 bits per heavy atom. The number of aromatic nitrogens is 3. The van der Waals surface area contributed by atoms with Gasteiger partial charge in [0, 0.05) is 25.6 Å². The van der Waals surface area contributed by atoms with E-state index < -0.39 is 0 Å². The molecule has 6 heteroatoms. The van der Waals surface area contributed by atoms with E-state index in [1.165, 1.54) is 0 Å². The fraction of sp³-hybridized carbons (Fsp3) is 0.421. The lowest BCUT2D eigenvalue weighted by molar-refractivity contribution is 0.0706. The lowest BCUT2D eigenvalue weighted by atomic mass is 9.95. The van der Waals surface area contributed by atoms with Gasteiger partial charge < -0.3 is 14.2 Å². The highest BCUT2D eigenvalue weighted by atomic mass is 16.5. The van der Waals surface area contributed by atoms with Crippen LogP contribution >= 0.6 is 0 Å². The molecule has 1 fully saturated rings. The number of rotatable bonds is 6. The number of ether oxygens (including phenoxy) is 1. The van der Waals surface area contributed by atoms with Crippen LogP contribution in [0.15, 0.2) is 43.2 Å². The van der Waals surface area contributed by atoms with Crippen molar-refractivity contribution in [3.63, 3.8) is 0 Å². The highest BCUT2D eigenvalue weighted by Gasteiger charge is 2.28. The molecule has 0 bridgehead atoms. The minimum Gasteiger partial charge on any atom is -0.489 e. The van der Waals surface area contributed by atoms with Crippen molar-refractivity contribution in [1.29, 1.82) is 0 Å². The number of carbonyl (C=O) groups is 1. The van der Waals surface area contributed by atoms with Crippen LogP contribution in [0.2, 0.25) is 0 Å². The molecular formula is C19H24N4O2. The van der Waals surface area contributed by atoms with Gasteiger partial charge in [-0.3, -0.25) is 4.79 Å². The molecule has 0 N–H and O–H groups in total. The molecular weight excluding hydrogens is 316 g/mol. The first-order valence-corrected chi connectivity index (χ1v) is 8.74. The predicted octanol–water partition coefficient (Wildman–Crippen LogP) is 2.88. The topological polar surface area (TPSA) is 60.2 Å². The van der Waals surface area contributed by atoms with Crippen molar-refractivity contribution in [3.8, 4) is 5.75 Å². The standard InChI is InChI=1S/C19H24N4O2/c1-3-13-25-17-8-6-5-7-16(17)19(24)23-11-9-15(10-12-23)18-21-20-14-22(18)4-2/h3,5-8,14-15H,1,4,9-13H2,2H3. The number of piperidine rings is 1. The maximum absolute atomic E-state index is 12.9. The number of nitrogens with zero attached hydrogens (tertiary/aromatic N) is 4. The largest absolute Gasteiger partial charge is 0.489 e. The second-order valence-electron chi connectivity index (χ2n) is 6.14. The molecule has 25 heavy (non-hydrogen) atoms. The number of benzene rings is 1. The van der Waals surface area contributed by atoms with Crippen LogP contribution < -0.4 is 4.74 Å². The Morgan fingerprint density at radius 1 is 1.36 bits per heavy atom. The smallest absolute Gasteiger partial charge is 0.257 e. The first kappa shape index (κ1) is 17.2. The van der Waals surface area contributed by atoms with Crippen molar-refractivity contribution in [1.82, 2.24) is 19.7 Å². The van der Waals surface area contributed by atoms with E-state index >= 15 is 0 Å². The normalized spacial score (nSPS) is 15.2. The molecule has 0 unspecified atom stereocenters. The molecule has 0 atom stereocenters. The molecule has 0 spiro atoms. The van der Waals surface area contributed by atoms with Crippen LogP contribution in [0.4, 0.5) is 0 Å². The Balaban J connectivity index is 1.67. The molecule has 3 rings (SSSR count). The molecule has 1 saturated heterocycles. The predicted molar refractivity (Wildman–Crippen MR) is 95.7 cm³/mol. The fourth-order valence-electron chi connectivity index (χ4n) is 3.25. The summed E-state index contributed by atoms with van der Waals surface area (Å²) in [6, 6.07) is 7.39. The number of para-hydroxylation sites is 1. The Morgan fingerprint density at radius 2 is 2.12 bits per heavy atom. The summed E-state index contributed by atoms with van der Waals surface area (Å²) in [6.45, 7) is 8.44. The number of aryl methyl sites for hydroxylation is 1. The molecule has 6 nitrogen and oxygen atoms in total. The van der Waals surface area contributed by atoms with Gasteiger partial charge in [0.05, 0.1) is 5.56 Å². The van der Waals surface area contributed by atoms with Gasteiger partial charge >= 0.3 is 0 Å². The van der Waals surface area contributed by atoms with Crippen LogP contribution in [0.1, 0.15) is 41.9 Å². The van der Waals surface area contributed by atoms with Crippen LogP contribution in [0.3, 0.4) is 0 Å². The average Bonchev–Trinajstić information content (AvgIpc) is 3.15. The molecule has 1 aromatic heterocycles. The Labute approximate surface area is 148 Å². The summed E-state index contributed by atoms with van der Waals surface area (Å²) in [5, 5.41) is 8.28. The number of hydrogen-bond acceptors (Lipinski definition) is 4. The van der Waals surface area contributed by atoms with E-state index in [4.69, 9.17) is 4.74 Å². The molecule has 1 aliphatic rings. The molecule has 2 aromatic rings. The van der Waals surface area contributed by atoms with E-state index in [0.29, 0.717) is 23.8 Å². The summed E-state index contributed by atoms with van der Waals surface area (Å²) in [5.41, 5.74) is 0.611. The van der Waals surface area contributed by atoms with Crippen LogP contribution in [0.25, 0.3) is 0 Å². The summed E-state index contributed by atoms with van der Waals surface area (Å²) < 4.78 is 7.71. The summed E-state index contributed by atoms with van der Waals surface area (Å²) in [7, 11) is 0. The first-order valence-electron chi connectivity index (χ1n) is 8.74. The van der Waals surface area contributed by atoms with E-state index in [2.05, 4.69) is 28.3 Å². The van der Waals surface area contributed by atoms with Gasteiger partial charge in [0.2, 0.25) is 0 Å². The van der Waals surface area contributed by atoms with Crippen LogP contribution in [-0.4, -0.2) is 45.3 Å². The quantitative estimate of drug-likeness (QED) is 0.759. The van der Waals surface area contributed by atoms with E-state index in [0.717, 1.165) is 38.3 Å². The van der Waals surface area contributed by atoms with Crippen molar-refractivity contribution in [3.05, 3.63) is 54.6 Å². The molecule has 0 aliphatic carbocycles. The van der Waals surface area contributed by atoms with E-state index in [-0.39, 0.29) is 5.91 Å². The number of amides is 1. The molecule has 1 aliphatic heterocycles. The van der Waals surface area contributed by atoms with Crippen molar-refractivity contribution in [2.45, 2.75) is 32.2 Å². The fourth-order valence-corrected chi connectivity index (χ4v) is 3.25. The summed E-state index contributed by atoms with van der Waals surface area (Å²) in [5.74, 6) is 2.03.